The van der Waals surface area contributed by atoms with Gasteiger partial charge in [0.1, 0.15) is 0 Å². The molecule has 2 aliphatic rings. The van der Waals surface area contributed by atoms with E-state index in [9.17, 15) is 27.3 Å². The Morgan fingerprint density at radius 3 is 2.09 bits per heavy atom. The molecule has 2 heterocycles. The summed E-state index contributed by atoms with van der Waals surface area (Å²) in [5.41, 5.74) is -1.74. The fraction of sp³-hybridized carbons (Fsp3) is 0.600. The first kappa shape index (κ1) is 24.5. The molecule has 1 saturated heterocycles. The van der Waals surface area contributed by atoms with Gasteiger partial charge in [0.25, 0.3) is 0 Å². The van der Waals surface area contributed by atoms with E-state index in [1.165, 1.54) is 0 Å². The first-order valence-electron chi connectivity index (χ1n) is 10.5. The van der Waals surface area contributed by atoms with E-state index in [0.717, 1.165) is 18.9 Å². The normalized spacial score (nSPS) is 17.5. The molecular formula is C20H25F3N3O5P. The number of halogens is 3. The Morgan fingerprint density at radius 2 is 1.56 bits per heavy atom. The summed E-state index contributed by atoms with van der Waals surface area (Å²) in [5, 5.41) is -0.573. The van der Waals surface area contributed by atoms with Gasteiger partial charge in [0.2, 0.25) is 0 Å². The van der Waals surface area contributed by atoms with Gasteiger partial charge in [0.15, 0.2) is 0 Å². The van der Waals surface area contributed by atoms with Gasteiger partial charge in [-0.2, -0.15) is 13.2 Å². The van der Waals surface area contributed by atoms with Gasteiger partial charge in [-0.05, 0) is 32.8 Å². The number of fused-ring (bicyclic) bond motifs is 1. The van der Waals surface area contributed by atoms with Crippen LogP contribution in [0.15, 0.2) is 16.1 Å². The lowest BCUT2D eigenvalue weighted by molar-refractivity contribution is -0.138. The highest BCUT2D eigenvalue weighted by molar-refractivity contribution is 7.53. The van der Waals surface area contributed by atoms with Crippen molar-refractivity contribution in [1.29, 1.82) is 0 Å². The van der Waals surface area contributed by atoms with Crippen LogP contribution in [0, 0.1) is 0 Å². The molecule has 0 unspecified atom stereocenters. The first-order valence-corrected chi connectivity index (χ1v) is 12.2. The van der Waals surface area contributed by atoms with Crippen molar-refractivity contribution in [2.45, 2.75) is 51.9 Å². The van der Waals surface area contributed by atoms with Gasteiger partial charge >= 0.3 is 25.6 Å². The maximum atomic E-state index is 14.4. The highest BCUT2D eigenvalue weighted by Gasteiger charge is 2.42. The second-order valence-corrected chi connectivity index (χ2v) is 9.51. The molecule has 0 N–H and O–H groups in total. The molecule has 1 aromatic carbocycles. The predicted octanol–water partition coefficient (Wildman–Crippen LogP) is 3.16. The Morgan fingerprint density at radius 1 is 1.00 bits per heavy atom. The van der Waals surface area contributed by atoms with Gasteiger partial charge in [-0.15, -0.1) is 0 Å². The van der Waals surface area contributed by atoms with Gasteiger partial charge in [-0.25, -0.2) is 9.98 Å². The summed E-state index contributed by atoms with van der Waals surface area (Å²) in [6.45, 7) is 3.76. The second kappa shape index (κ2) is 9.80. The van der Waals surface area contributed by atoms with E-state index in [0.29, 0.717) is 25.9 Å². The number of carbonyl (C=O) groups excluding carboxylic acids is 2. The van der Waals surface area contributed by atoms with E-state index < -0.39 is 48.2 Å². The van der Waals surface area contributed by atoms with E-state index in [-0.39, 0.29) is 24.3 Å². The number of amides is 2. The van der Waals surface area contributed by atoms with Crippen molar-refractivity contribution in [2.24, 2.45) is 9.98 Å². The number of hydrogen-bond donors (Lipinski definition) is 0. The zero-order valence-electron chi connectivity index (χ0n) is 17.9. The number of rotatable bonds is 7. The smallest absolute Gasteiger partial charge is 0.371 e. The molecule has 12 heteroatoms. The summed E-state index contributed by atoms with van der Waals surface area (Å²) in [7, 11) is -4.00. The zero-order valence-corrected chi connectivity index (χ0v) is 18.8. The molecule has 3 rings (SSSR count). The largest absolute Gasteiger partial charge is 0.418 e. The zero-order chi connectivity index (χ0) is 23.5. The lowest BCUT2D eigenvalue weighted by Gasteiger charge is -2.29. The Kier molecular flexibility index (Phi) is 7.52. The van der Waals surface area contributed by atoms with Crippen LogP contribution in [0.2, 0.25) is 0 Å². The third-order valence-electron chi connectivity index (χ3n) is 5.21. The highest BCUT2D eigenvalue weighted by Crippen LogP contribution is 2.53. The van der Waals surface area contributed by atoms with Crippen LogP contribution < -0.4 is 15.6 Å². The topological polar surface area (TPSA) is 97.6 Å². The highest BCUT2D eigenvalue weighted by atomic mass is 31.2. The van der Waals surface area contributed by atoms with Crippen molar-refractivity contribution in [2.75, 3.05) is 31.2 Å². The van der Waals surface area contributed by atoms with E-state index in [1.54, 1.807) is 18.7 Å². The maximum Gasteiger partial charge on any atom is 0.418 e. The van der Waals surface area contributed by atoms with Crippen LogP contribution in [0.4, 0.5) is 18.9 Å². The Hall–Kier alpha value is -2.10. The molecule has 2 amide bonds. The van der Waals surface area contributed by atoms with E-state index in [4.69, 9.17) is 9.05 Å². The van der Waals surface area contributed by atoms with Crippen LogP contribution in [0.3, 0.4) is 0 Å². The van der Waals surface area contributed by atoms with Crippen molar-refractivity contribution in [3.05, 3.63) is 27.9 Å². The Bertz CT molecular complexity index is 1060. The fourth-order valence-electron chi connectivity index (χ4n) is 3.96. The van der Waals surface area contributed by atoms with Crippen LogP contribution in [-0.4, -0.2) is 38.1 Å². The predicted molar refractivity (Wildman–Crippen MR) is 109 cm³/mol. The Labute approximate surface area is 183 Å². The minimum absolute atomic E-state index is 0.0500. The number of alkyl halides is 3. The molecular weight excluding hydrogens is 450 g/mol. The molecule has 1 fully saturated rings. The van der Waals surface area contributed by atoms with Gasteiger partial charge in [0, 0.05) is 18.7 Å². The van der Waals surface area contributed by atoms with Crippen molar-refractivity contribution >= 4 is 25.1 Å². The van der Waals surface area contributed by atoms with Gasteiger partial charge in [-0.1, -0.05) is 12.8 Å². The van der Waals surface area contributed by atoms with E-state index in [1.807, 2.05) is 0 Å². The maximum absolute atomic E-state index is 14.4. The molecule has 176 valence electrons. The number of nitrogens with zero attached hydrogens (tertiary/aromatic N) is 3. The average molecular weight is 475 g/mol. The third kappa shape index (κ3) is 5.27. The minimum atomic E-state index is -4.85. The Balaban J connectivity index is 2.35. The van der Waals surface area contributed by atoms with Gasteiger partial charge in [0.05, 0.1) is 41.3 Å². The summed E-state index contributed by atoms with van der Waals surface area (Å²) in [6.07, 6.45) is -2.40. The standard InChI is InChI=1S/C20H25F3N3O5P/c1-3-30-32(29,31-4-2)12-13-16(20(21,22)23)15(26-9-7-5-6-8-10-26)11-14-17(13)25-19(28)18(27)24-14/h11H,3-10,12H2,1-2H3. The third-order valence-corrected chi connectivity index (χ3v) is 7.22. The quantitative estimate of drug-likeness (QED) is 0.444. The van der Waals surface area contributed by atoms with Gasteiger partial charge in [-0.3, -0.25) is 14.2 Å². The molecule has 0 radical (unpaired) electrons. The van der Waals surface area contributed by atoms with E-state index in [2.05, 4.69) is 9.98 Å². The van der Waals surface area contributed by atoms with Crippen LogP contribution in [0.5, 0.6) is 0 Å². The molecule has 0 spiro atoms. The molecule has 0 atom stereocenters. The number of carbonyl (C=O) groups is 2. The molecule has 0 aromatic heterocycles. The molecule has 0 saturated carbocycles. The minimum Gasteiger partial charge on any atom is -0.371 e. The second-order valence-electron chi connectivity index (χ2n) is 7.45. The van der Waals surface area contributed by atoms with Crippen LogP contribution >= 0.6 is 7.60 Å². The van der Waals surface area contributed by atoms with Crippen LogP contribution in [0.1, 0.15) is 50.7 Å². The summed E-state index contributed by atoms with van der Waals surface area (Å²) in [6, 6.07) is 1.15. The van der Waals surface area contributed by atoms with Crippen LogP contribution in [0.25, 0.3) is 0 Å². The monoisotopic (exact) mass is 475 g/mol. The summed E-state index contributed by atoms with van der Waals surface area (Å²) in [4.78, 5) is 32.6. The molecule has 1 aromatic rings. The number of hydrogen-bond acceptors (Lipinski definition) is 6. The first-order chi connectivity index (χ1) is 15.1. The molecule has 32 heavy (non-hydrogen) atoms. The van der Waals surface area contributed by atoms with Crippen molar-refractivity contribution in [3.63, 3.8) is 0 Å². The number of benzene rings is 1. The molecule has 0 aliphatic carbocycles. The lowest BCUT2D eigenvalue weighted by atomic mass is 10.0. The van der Waals surface area contributed by atoms with E-state index >= 15 is 0 Å². The molecule has 8 nitrogen and oxygen atoms in total. The molecule has 0 bridgehead atoms. The summed E-state index contributed by atoms with van der Waals surface area (Å²) >= 11 is 0. The molecule has 2 aliphatic heterocycles. The summed E-state index contributed by atoms with van der Waals surface area (Å²) in [5.74, 6) is -2.44. The van der Waals surface area contributed by atoms with Crippen molar-refractivity contribution < 1.29 is 36.4 Å². The summed E-state index contributed by atoms with van der Waals surface area (Å²) < 4.78 is 66.9. The van der Waals surface area contributed by atoms with Crippen molar-refractivity contribution in [3.8, 4) is 0 Å². The number of anilines is 1. The average Bonchev–Trinajstić information content (AvgIpc) is 2.98. The van der Waals surface area contributed by atoms with Gasteiger partial charge < -0.3 is 13.9 Å². The lowest BCUT2D eigenvalue weighted by Crippen LogP contribution is -2.41. The van der Waals surface area contributed by atoms with Crippen LogP contribution in [-0.2, 0) is 35.5 Å². The fourth-order valence-corrected chi connectivity index (χ4v) is 5.70. The van der Waals surface area contributed by atoms with Crippen molar-refractivity contribution in [1.82, 2.24) is 0 Å². The SMILES string of the molecule is CCOP(=O)(Cc1c(C(F)(F)F)c(N2CCCCCC2)cc2c1=NC(=O)C(=O)N=2)OCC.